The number of amidine groups is 1. The number of β-lactam (4-membered cyclic amide) rings is 1. The van der Waals surface area contributed by atoms with Crippen molar-refractivity contribution >= 4 is 35.8 Å². The topological polar surface area (TPSA) is 153 Å². The first-order valence-electron chi connectivity index (χ1n) is 14.7. The Morgan fingerprint density at radius 3 is 2.39 bits per heavy atom. The van der Waals surface area contributed by atoms with Crippen molar-refractivity contribution in [3.05, 3.63) is 12.3 Å². The normalized spacial score (nSPS) is 25.9. The number of alkyl carbamates (subject to hydrolysis) is 1. The molecule has 2 fully saturated rings. The van der Waals surface area contributed by atoms with E-state index in [2.05, 4.69) is 15.6 Å². The number of nitrogens with one attached hydrogen (secondary N) is 2. The number of hydrogen-bond acceptors (Lipinski definition) is 9. The number of hydrogen-bond donors (Lipinski definition) is 2. The highest BCUT2D eigenvalue weighted by molar-refractivity contribution is 6.08. The van der Waals surface area contributed by atoms with Gasteiger partial charge in [-0.05, 0) is 44.9 Å². The van der Waals surface area contributed by atoms with Crippen LogP contribution in [0.3, 0.4) is 0 Å². The van der Waals surface area contributed by atoms with Crippen LogP contribution in [-0.2, 0) is 28.6 Å². The minimum Gasteiger partial charge on any atom is -0.464 e. The van der Waals surface area contributed by atoms with E-state index in [1.165, 1.54) is 19.5 Å². The number of rotatable bonds is 9. The standard InChI is InChI=1S/C29H44N4O8/c1-7-39-27(36)23-22(25(34)33(23)28(37)31-18(5)20-11-9-8-10-12-20)15-21-13-14-30-24(17(21)4)32-29(38)41-19(6)40-26(35)16(2)3/h13-14,16-23H,7-12,15H2,1-6H3,(H,31,37)(H,30,32,38)/t17?,18-,19?,21?,22-,23+/m1/s1. The third-order valence-corrected chi connectivity index (χ3v) is 8.07. The molecule has 0 aromatic carbocycles. The quantitative estimate of drug-likeness (QED) is 0.238. The summed E-state index contributed by atoms with van der Waals surface area (Å²) in [6.07, 6.45) is 7.13. The summed E-state index contributed by atoms with van der Waals surface area (Å²) in [4.78, 5) is 68.6. The fraction of sp³-hybridized carbons (Fsp3) is 0.724. The molecule has 1 saturated carbocycles. The van der Waals surface area contributed by atoms with Crippen LogP contribution in [0, 0.1) is 29.6 Å². The summed E-state index contributed by atoms with van der Waals surface area (Å²) in [5.41, 5.74) is 0. The van der Waals surface area contributed by atoms with Crippen LogP contribution in [-0.4, -0.2) is 65.7 Å². The molecule has 1 aliphatic carbocycles. The lowest BCUT2D eigenvalue weighted by atomic mass is 9.76. The first-order valence-corrected chi connectivity index (χ1v) is 14.7. The molecule has 3 rings (SSSR count). The van der Waals surface area contributed by atoms with Crippen LogP contribution < -0.4 is 10.6 Å². The number of amides is 4. The zero-order chi connectivity index (χ0) is 30.3. The Kier molecular flexibility index (Phi) is 11.3. The summed E-state index contributed by atoms with van der Waals surface area (Å²) in [6, 6.07) is -1.72. The number of aliphatic imine (C=N–C) groups is 1. The minimum absolute atomic E-state index is 0.111. The third kappa shape index (κ3) is 8.07. The number of ether oxygens (including phenoxy) is 3. The van der Waals surface area contributed by atoms with Gasteiger partial charge >= 0.3 is 24.1 Å². The molecule has 1 saturated heterocycles. The molecule has 3 unspecified atom stereocenters. The molecule has 0 aromatic heterocycles. The average molecular weight is 577 g/mol. The summed E-state index contributed by atoms with van der Waals surface area (Å²) >= 11 is 0. The Morgan fingerprint density at radius 2 is 1.76 bits per heavy atom. The van der Waals surface area contributed by atoms with Crippen molar-refractivity contribution in [2.24, 2.45) is 34.6 Å². The van der Waals surface area contributed by atoms with Crippen LogP contribution in [0.5, 0.6) is 0 Å². The molecule has 41 heavy (non-hydrogen) atoms. The molecule has 2 aliphatic heterocycles. The fourth-order valence-electron chi connectivity index (χ4n) is 5.57. The van der Waals surface area contributed by atoms with E-state index in [1.807, 2.05) is 13.8 Å². The van der Waals surface area contributed by atoms with E-state index in [1.54, 1.807) is 26.8 Å². The smallest absolute Gasteiger partial charge is 0.415 e. The van der Waals surface area contributed by atoms with Crippen molar-refractivity contribution in [1.29, 1.82) is 0 Å². The van der Waals surface area contributed by atoms with Gasteiger partial charge < -0.3 is 19.5 Å². The van der Waals surface area contributed by atoms with Gasteiger partial charge in [-0.15, -0.1) is 0 Å². The Balaban J connectivity index is 1.61. The summed E-state index contributed by atoms with van der Waals surface area (Å²) in [5, 5.41) is 5.52. The van der Waals surface area contributed by atoms with Crippen molar-refractivity contribution in [3.8, 4) is 0 Å². The molecule has 0 bridgehead atoms. The number of allylic oxidation sites excluding steroid dienone is 1. The lowest BCUT2D eigenvalue weighted by Gasteiger charge is -2.45. The molecule has 2 heterocycles. The van der Waals surface area contributed by atoms with Crippen LogP contribution in [0.1, 0.15) is 80.1 Å². The maximum atomic E-state index is 13.2. The van der Waals surface area contributed by atoms with E-state index in [-0.39, 0.29) is 36.8 Å². The van der Waals surface area contributed by atoms with Crippen LogP contribution in [0.15, 0.2) is 17.3 Å². The molecule has 0 aromatic rings. The molecule has 12 nitrogen and oxygen atoms in total. The molecule has 6 atom stereocenters. The van der Waals surface area contributed by atoms with Gasteiger partial charge in [0.15, 0.2) is 6.04 Å². The highest BCUT2D eigenvalue weighted by atomic mass is 16.7. The largest absolute Gasteiger partial charge is 0.464 e. The van der Waals surface area contributed by atoms with Crippen LogP contribution >= 0.6 is 0 Å². The Morgan fingerprint density at radius 1 is 1.07 bits per heavy atom. The van der Waals surface area contributed by atoms with Gasteiger partial charge in [0.2, 0.25) is 12.2 Å². The van der Waals surface area contributed by atoms with Crippen LogP contribution in [0.2, 0.25) is 0 Å². The molecule has 2 N–H and O–H groups in total. The van der Waals surface area contributed by atoms with Gasteiger partial charge in [0.25, 0.3) is 0 Å². The van der Waals surface area contributed by atoms with E-state index in [0.717, 1.165) is 30.6 Å². The SMILES string of the molecule is CCOC(=O)[C@@H]1[C@@H](CC2C=CN=C(NC(=O)OC(C)OC(=O)C(C)C)C2C)C(=O)N1C(=O)N[C@H](C)C1CCCCC1. The molecule has 4 amide bonds. The van der Waals surface area contributed by atoms with Gasteiger partial charge in [-0.1, -0.05) is 46.1 Å². The van der Waals surface area contributed by atoms with Gasteiger partial charge in [-0.25, -0.2) is 24.3 Å². The van der Waals surface area contributed by atoms with Gasteiger partial charge in [-0.3, -0.25) is 14.9 Å². The second kappa shape index (κ2) is 14.5. The molecule has 0 spiro atoms. The number of nitrogens with zero attached hydrogens (tertiary/aromatic N) is 2. The average Bonchev–Trinajstić information content (AvgIpc) is 2.92. The van der Waals surface area contributed by atoms with Gasteiger partial charge in [-0.2, -0.15) is 0 Å². The summed E-state index contributed by atoms with van der Waals surface area (Å²) < 4.78 is 15.4. The molecule has 0 radical (unpaired) electrons. The first-order chi connectivity index (χ1) is 19.4. The maximum absolute atomic E-state index is 13.2. The molecular weight excluding hydrogens is 532 g/mol. The second-order valence-corrected chi connectivity index (χ2v) is 11.4. The molecule has 3 aliphatic rings. The highest BCUT2D eigenvalue weighted by Crippen LogP contribution is 2.37. The van der Waals surface area contributed by atoms with E-state index in [9.17, 15) is 24.0 Å². The lowest BCUT2D eigenvalue weighted by molar-refractivity contribution is -0.170. The number of carbonyl (C=O) groups is 5. The summed E-state index contributed by atoms with van der Waals surface area (Å²) in [7, 11) is 0. The van der Waals surface area contributed by atoms with E-state index in [0.29, 0.717) is 11.8 Å². The minimum atomic E-state index is -1.09. The Bertz CT molecular complexity index is 1050. The zero-order valence-corrected chi connectivity index (χ0v) is 24.9. The fourth-order valence-corrected chi connectivity index (χ4v) is 5.57. The van der Waals surface area contributed by atoms with Crippen molar-refractivity contribution in [2.45, 2.75) is 98.4 Å². The summed E-state index contributed by atoms with van der Waals surface area (Å²) in [5.74, 6) is -2.64. The van der Waals surface area contributed by atoms with Crippen LogP contribution in [0.25, 0.3) is 0 Å². The number of urea groups is 1. The van der Waals surface area contributed by atoms with E-state index < -0.39 is 48.2 Å². The molecular formula is C29H44N4O8. The number of esters is 2. The van der Waals surface area contributed by atoms with Crippen molar-refractivity contribution in [1.82, 2.24) is 15.5 Å². The number of imide groups is 1. The van der Waals surface area contributed by atoms with Gasteiger partial charge in [0.1, 0.15) is 5.84 Å². The predicted octanol–water partition coefficient (Wildman–Crippen LogP) is 3.89. The van der Waals surface area contributed by atoms with E-state index >= 15 is 0 Å². The third-order valence-electron chi connectivity index (χ3n) is 8.07. The molecule has 12 heteroatoms. The zero-order valence-electron chi connectivity index (χ0n) is 24.9. The maximum Gasteiger partial charge on any atom is 0.415 e. The number of likely N-dealkylation sites (tertiary alicyclic amines) is 1. The monoisotopic (exact) mass is 576 g/mol. The van der Waals surface area contributed by atoms with Crippen molar-refractivity contribution in [2.75, 3.05) is 6.61 Å². The van der Waals surface area contributed by atoms with Gasteiger partial charge in [0, 0.05) is 25.1 Å². The highest BCUT2D eigenvalue weighted by Gasteiger charge is 2.56. The van der Waals surface area contributed by atoms with Crippen LogP contribution in [0.4, 0.5) is 9.59 Å². The second-order valence-electron chi connectivity index (χ2n) is 11.4. The number of carbonyl (C=O) groups excluding carboxylic acids is 5. The first kappa shape index (κ1) is 32.1. The van der Waals surface area contributed by atoms with Crippen molar-refractivity contribution < 1.29 is 38.2 Å². The Hall–Kier alpha value is -3.44. The van der Waals surface area contributed by atoms with Crippen molar-refractivity contribution in [3.63, 3.8) is 0 Å². The molecule has 228 valence electrons. The van der Waals surface area contributed by atoms with Gasteiger partial charge in [0.05, 0.1) is 18.4 Å². The van der Waals surface area contributed by atoms with E-state index in [4.69, 9.17) is 14.2 Å². The predicted molar refractivity (Wildman–Crippen MR) is 149 cm³/mol. The Labute approximate surface area is 241 Å². The lowest BCUT2D eigenvalue weighted by Crippen LogP contribution is -2.69. The summed E-state index contributed by atoms with van der Waals surface area (Å²) in [6.45, 7) is 10.3.